The van der Waals surface area contributed by atoms with E-state index in [9.17, 15) is 4.79 Å². The molecule has 0 aliphatic carbocycles. The van der Waals surface area contributed by atoms with Gasteiger partial charge >= 0.3 is 0 Å². The number of amides is 1. The van der Waals surface area contributed by atoms with Crippen LogP contribution in [0.25, 0.3) is 0 Å². The fraction of sp³-hybridized carbons (Fsp3) is 0.200. The molecule has 0 saturated carbocycles. The number of carbonyl (C=O) groups is 1. The van der Waals surface area contributed by atoms with Gasteiger partial charge in [0.05, 0.1) is 11.9 Å². The number of aromatic nitrogens is 1. The van der Waals surface area contributed by atoms with Gasteiger partial charge in [-0.05, 0) is 31.6 Å². The summed E-state index contributed by atoms with van der Waals surface area (Å²) in [5.41, 5.74) is 1.49. The summed E-state index contributed by atoms with van der Waals surface area (Å²) < 4.78 is 0. The number of carbonyl (C=O) groups excluding carboxylic acids is 1. The van der Waals surface area contributed by atoms with Gasteiger partial charge in [0.2, 0.25) is 5.91 Å². The summed E-state index contributed by atoms with van der Waals surface area (Å²) in [4.78, 5) is 15.1. The molecule has 1 heterocycles. The Labute approximate surface area is 87.8 Å². The zero-order valence-corrected chi connectivity index (χ0v) is 8.80. The molecule has 0 saturated heterocycles. The number of nitrogens with one attached hydrogen (secondary N) is 1. The number of nitrogens with zero attached hydrogens (tertiary/aromatic N) is 1. The summed E-state index contributed by atoms with van der Waals surface area (Å²) in [6.45, 7) is 3.62. The summed E-state index contributed by atoms with van der Waals surface area (Å²) in [5.74, 6) is -0.170. The molecule has 0 aliphatic rings. The highest BCUT2D eigenvalue weighted by molar-refractivity contribution is 6.30. The largest absolute Gasteiger partial charge is 0.321 e. The predicted molar refractivity (Wildman–Crippen MR) is 57.4 cm³/mol. The van der Waals surface area contributed by atoms with Crippen LogP contribution in [0.15, 0.2) is 24.4 Å². The number of anilines is 1. The maximum atomic E-state index is 11.2. The third-order valence-corrected chi connectivity index (χ3v) is 2.00. The van der Waals surface area contributed by atoms with E-state index in [2.05, 4.69) is 10.3 Å². The van der Waals surface area contributed by atoms with Crippen LogP contribution < -0.4 is 5.32 Å². The van der Waals surface area contributed by atoms with Crippen LogP contribution in [0.4, 0.5) is 5.69 Å². The molecule has 1 N–H and O–H groups in total. The number of rotatable bonds is 2. The van der Waals surface area contributed by atoms with Crippen LogP contribution in [-0.4, -0.2) is 10.9 Å². The number of allylic oxidation sites excluding steroid dienone is 1. The first-order valence-corrected chi connectivity index (χ1v) is 4.57. The topological polar surface area (TPSA) is 42.0 Å². The Hall–Kier alpha value is -1.35. The van der Waals surface area contributed by atoms with Crippen LogP contribution in [-0.2, 0) is 4.79 Å². The molecular weight excluding hydrogens is 200 g/mol. The molecule has 4 heteroatoms. The summed E-state index contributed by atoms with van der Waals surface area (Å²) in [6, 6.07) is 1.77. The van der Waals surface area contributed by atoms with E-state index in [1.54, 1.807) is 19.1 Å². The highest BCUT2D eigenvalue weighted by Gasteiger charge is 2.00. The molecule has 14 heavy (non-hydrogen) atoms. The monoisotopic (exact) mass is 210 g/mol. The van der Waals surface area contributed by atoms with Gasteiger partial charge in [0, 0.05) is 0 Å². The lowest BCUT2D eigenvalue weighted by Gasteiger charge is -2.03. The number of halogens is 1. The molecule has 74 valence electrons. The maximum absolute atomic E-state index is 11.2. The maximum Gasteiger partial charge on any atom is 0.248 e. The van der Waals surface area contributed by atoms with Gasteiger partial charge in [0.15, 0.2) is 0 Å². The summed E-state index contributed by atoms with van der Waals surface area (Å²) in [6.07, 6.45) is 4.65. The highest BCUT2D eigenvalue weighted by atomic mass is 35.5. The van der Waals surface area contributed by atoms with E-state index in [0.29, 0.717) is 10.8 Å². The van der Waals surface area contributed by atoms with E-state index < -0.39 is 0 Å². The van der Waals surface area contributed by atoms with E-state index in [0.717, 1.165) is 5.56 Å². The van der Waals surface area contributed by atoms with Gasteiger partial charge in [0.25, 0.3) is 0 Å². The van der Waals surface area contributed by atoms with Crippen molar-refractivity contribution in [2.45, 2.75) is 13.8 Å². The molecule has 3 nitrogen and oxygen atoms in total. The first kappa shape index (κ1) is 10.7. The molecule has 0 aromatic carbocycles. The van der Waals surface area contributed by atoms with Crippen molar-refractivity contribution in [1.29, 1.82) is 0 Å². The summed E-state index contributed by atoms with van der Waals surface area (Å²) >= 11 is 5.74. The lowest BCUT2D eigenvalue weighted by atomic mass is 10.3. The zero-order chi connectivity index (χ0) is 10.6. The second-order valence-corrected chi connectivity index (χ2v) is 3.18. The number of pyridine rings is 1. The van der Waals surface area contributed by atoms with Gasteiger partial charge < -0.3 is 5.32 Å². The van der Waals surface area contributed by atoms with Crippen molar-refractivity contribution >= 4 is 23.2 Å². The lowest BCUT2D eigenvalue weighted by Crippen LogP contribution is -2.08. The first-order chi connectivity index (χ1) is 6.63. The van der Waals surface area contributed by atoms with Crippen LogP contribution in [0.3, 0.4) is 0 Å². The van der Waals surface area contributed by atoms with Gasteiger partial charge in [-0.1, -0.05) is 17.7 Å². The normalized spacial score (nSPS) is 10.5. The van der Waals surface area contributed by atoms with E-state index in [-0.39, 0.29) is 5.91 Å². The third kappa shape index (κ3) is 2.85. The van der Waals surface area contributed by atoms with Gasteiger partial charge in [0.1, 0.15) is 5.15 Å². The molecule has 0 bridgehead atoms. The molecule has 0 aliphatic heterocycles. The fourth-order valence-electron chi connectivity index (χ4n) is 0.962. The molecule has 0 spiro atoms. The molecule has 0 unspecified atom stereocenters. The molecule has 1 aromatic heterocycles. The number of hydrogen-bond acceptors (Lipinski definition) is 2. The first-order valence-electron chi connectivity index (χ1n) is 4.19. The Morgan fingerprint density at radius 3 is 2.93 bits per heavy atom. The minimum Gasteiger partial charge on any atom is -0.321 e. The van der Waals surface area contributed by atoms with Gasteiger partial charge in [-0.25, -0.2) is 4.98 Å². The zero-order valence-electron chi connectivity index (χ0n) is 8.04. The minimum absolute atomic E-state index is 0.170. The number of hydrogen-bond donors (Lipinski definition) is 1. The van der Waals surface area contributed by atoms with Gasteiger partial charge in [-0.2, -0.15) is 0 Å². The van der Waals surface area contributed by atoms with Crippen LogP contribution in [0.2, 0.25) is 5.15 Å². The predicted octanol–water partition coefficient (Wildman–Crippen LogP) is 2.56. The van der Waals surface area contributed by atoms with Crippen LogP contribution in [0, 0.1) is 6.92 Å². The quantitative estimate of drug-likeness (QED) is 0.602. The molecular formula is C10H11ClN2O. The SMILES string of the molecule is C/C=C/C(=O)Nc1cnc(Cl)c(C)c1. The highest BCUT2D eigenvalue weighted by Crippen LogP contribution is 2.15. The Morgan fingerprint density at radius 2 is 2.36 bits per heavy atom. The second-order valence-electron chi connectivity index (χ2n) is 2.82. The van der Waals surface area contributed by atoms with Crippen molar-refractivity contribution < 1.29 is 4.79 Å². The van der Waals surface area contributed by atoms with Crippen molar-refractivity contribution in [3.8, 4) is 0 Å². The molecule has 1 amide bonds. The minimum atomic E-state index is -0.170. The summed E-state index contributed by atoms with van der Waals surface area (Å²) in [5, 5.41) is 3.12. The van der Waals surface area contributed by atoms with E-state index in [1.807, 2.05) is 6.92 Å². The molecule has 0 fully saturated rings. The Balaban J connectivity index is 2.78. The number of aryl methyl sites for hydroxylation is 1. The van der Waals surface area contributed by atoms with Crippen LogP contribution >= 0.6 is 11.6 Å². The second kappa shape index (κ2) is 4.77. The Bertz CT molecular complexity index is 374. The Kier molecular flexibility index (Phi) is 3.65. The molecule has 0 radical (unpaired) electrons. The molecule has 1 aromatic rings. The average molecular weight is 211 g/mol. The summed E-state index contributed by atoms with van der Waals surface area (Å²) in [7, 11) is 0. The molecule has 1 rings (SSSR count). The Morgan fingerprint density at radius 1 is 1.64 bits per heavy atom. The standard InChI is InChI=1S/C10H11ClN2O/c1-3-4-9(14)13-8-5-7(2)10(11)12-6-8/h3-6H,1-2H3,(H,13,14)/b4-3+. The lowest BCUT2D eigenvalue weighted by molar-refractivity contribution is -0.111. The van der Waals surface area contributed by atoms with Crippen LogP contribution in [0.5, 0.6) is 0 Å². The van der Waals surface area contributed by atoms with Gasteiger partial charge in [-0.3, -0.25) is 4.79 Å². The van der Waals surface area contributed by atoms with Crippen LogP contribution in [0.1, 0.15) is 12.5 Å². The van der Waals surface area contributed by atoms with Crippen molar-refractivity contribution in [2.75, 3.05) is 5.32 Å². The van der Waals surface area contributed by atoms with Crippen molar-refractivity contribution in [2.24, 2.45) is 0 Å². The van der Waals surface area contributed by atoms with Gasteiger partial charge in [-0.15, -0.1) is 0 Å². The smallest absolute Gasteiger partial charge is 0.248 e. The third-order valence-electron chi connectivity index (χ3n) is 1.60. The van der Waals surface area contributed by atoms with E-state index in [1.165, 1.54) is 12.3 Å². The van der Waals surface area contributed by atoms with E-state index in [4.69, 9.17) is 11.6 Å². The fourth-order valence-corrected chi connectivity index (χ4v) is 1.07. The molecule has 0 atom stereocenters. The van der Waals surface area contributed by atoms with E-state index >= 15 is 0 Å². The average Bonchev–Trinajstić information content (AvgIpc) is 2.12. The van der Waals surface area contributed by atoms with Crippen molar-refractivity contribution in [3.63, 3.8) is 0 Å². The van der Waals surface area contributed by atoms with Crippen molar-refractivity contribution in [3.05, 3.63) is 35.1 Å². The van der Waals surface area contributed by atoms with Crippen molar-refractivity contribution in [1.82, 2.24) is 4.98 Å².